The molecule has 4 rings (SSSR count). The van der Waals surface area contributed by atoms with E-state index in [0.29, 0.717) is 26.2 Å². The summed E-state index contributed by atoms with van der Waals surface area (Å²) in [7, 11) is 2.12. The fourth-order valence-electron chi connectivity index (χ4n) is 3.55. The predicted octanol–water partition coefficient (Wildman–Crippen LogP) is 0.725. The van der Waals surface area contributed by atoms with E-state index in [-0.39, 0.29) is 11.5 Å². The summed E-state index contributed by atoms with van der Waals surface area (Å²) < 4.78 is 13.8. The molecule has 2 aliphatic rings. The van der Waals surface area contributed by atoms with E-state index in [1.165, 1.54) is 12.3 Å². The molecule has 0 atom stereocenters. The third kappa shape index (κ3) is 3.89. The quantitative estimate of drug-likeness (QED) is 0.771. The molecule has 0 aliphatic carbocycles. The van der Waals surface area contributed by atoms with Gasteiger partial charge in [0.2, 0.25) is 0 Å². The van der Waals surface area contributed by atoms with Crippen LogP contribution in [0.3, 0.4) is 0 Å². The molecule has 1 amide bonds. The van der Waals surface area contributed by atoms with Crippen LogP contribution in [0.4, 0.5) is 16.0 Å². The third-order valence-corrected chi connectivity index (χ3v) is 5.36. The topological polar surface area (TPSA) is 68.7 Å². The van der Waals surface area contributed by atoms with Gasteiger partial charge in [-0.05, 0) is 25.2 Å². The molecule has 9 heteroatoms. The summed E-state index contributed by atoms with van der Waals surface area (Å²) in [4.78, 5) is 24.5. The van der Waals surface area contributed by atoms with Gasteiger partial charge in [0.15, 0.2) is 17.5 Å². The fraction of sp³-hybridized carbons (Fsp3) is 0.474. The van der Waals surface area contributed by atoms with Crippen LogP contribution in [-0.4, -0.2) is 90.3 Å². The number of likely N-dealkylation sites (N-methyl/N-ethyl adjacent to an activating group) is 1. The molecule has 28 heavy (non-hydrogen) atoms. The van der Waals surface area contributed by atoms with Crippen molar-refractivity contribution in [1.82, 2.24) is 25.0 Å². The number of aromatic nitrogens is 3. The second-order valence-electron chi connectivity index (χ2n) is 7.17. The van der Waals surface area contributed by atoms with Crippen LogP contribution in [0.1, 0.15) is 10.4 Å². The first kappa shape index (κ1) is 18.5. The zero-order chi connectivity index (χ0) is 19.5. The highest BCUT2D eigenvalue weighted by Crippen LogP contribution is 2.18. The highest BCUT2D eigenvalue weighted by Gasteiger charge is 2.25. The van der Waals surface area contributed by atoms with Gasteiger partial charge in [0, 0.05) is 58.6 Å². The van der Waals surface area contributed by atoms with Crippen molar-refractivity contribution in [2.45, 2.75) is 0 Å². The number of halogens is 1. The number of pyridine rings is 1. The van der Waals surface area contributed by atoms with E-state index in [4.69, 9.17) is 0 Å². The summed E-state index contributed by atoms with van der Waals surface area (Å²) in [6.07, 6.45) is 2.51. The lowest BCUT2D eigenvalue weighted by molar-refractivity contribution is 0.0741. The fourth-order valence-corrected chi connectivity index (χ4v) is 3.55. The average Bonchev–Trinajstić information content (AvgIpc) is 2.74. The first-order valence-corrected chi connectivity index (χ1v) is 9.53. The van der Waals surface area contributed by atoms with Gasteiger partial charge >= 0.3 is 0 Å². The third-order valence-electron chi connectivity index (χ3n) is 5.36. The van der Waals surface area contributed by atoms with Crippen LogP contribution >= 0.6 is 0 Å². The van der Waals surface area contributed by atoms with Gasteiger partial charge in [0.25, 0.3) is 5.91 Å². The lowest BCUT2D eigenvalue weighted by Gasteiger charge is -2.36. The van der Waals surface area contributed by atoms with E-state index in [2.05, 4.69) is 36.9 Å². The smallest absolute Gasteiger partial charge is 0.257 e. The highest BCUT2D eigenvalue weighted by atomic mass is 19.1. The van der Waals surface area contributed by atoms with Crippen LogP contribution in [0.25, 0.3) is 0 Å². The van der Waals surface area contributed by atoms with E-state index in [1.54, 1.807) is 4.90 Å². The Balaban J connectivity index is 1.35. The molecular weight excluding hydrogens is 361 g/mol. The molecule has 0 saturated carbocycles. The Morgan fingerprint density at radius 3 is 2.00 bits per heavy atom. The Labute approximate surface area is 163 Å². The molecule has 0 spiro atoms. The molecule has 0 radical (unpaired) electrons. The van der Waals surface area contributed by atoms with Crippen molar-refractivity contribution < 1.29 is 9.18 Å². The van der Waals surface area contributed by atoms with E-state index >= 15 is 0 Å². The second-order valence-corrected chi connectivity index (χ2v) is 7.17. The average molecular weight is 385 g/mol. The van der Waals surface area contributed by atoms with Gasteiger partial charge in [-0.2, -0.15) is 0 Å². The van der Waals surface area contributed by atoms with Crippen LogP contribution in [0.2, 0.25) is 0 Å². The van der Waals surface area contributed by atoms with Crippen LogP contribution in [0, 0.1) is 5.82 Å². The normalized spacial score (nSPS) is 18.4. The number of nitrogens with zero attached hydrogens (tertiary/aromatic N) is 7. The number of carbonyl (C=O) groups is 1. The molecule has 0 bridgehead atoms. The molecule has 4 heterocycles. The molecule has 0 aromatic carbocycles. The van der Waals surface area contributed by atoms with Crippen molar-refractivity contribution in [1.29, 1.82) is 0 Å². The number of carbonyl (C=O) groups excluding carboxylic acids is 1. The minimum absolute atomic E-state index is 0.0692. The molecule has 2 saturated heterocycles. The van der Waals surface area contributed by atoms with Gasteiger partial charge in [0.1, 0.15) is 0 Å². The van der Waals surface area contributed by atoms with Crippen molar-refractivity contribution in [3.8, 4) is 0 Å². The number of piperazine rings is 2. The Morgan fingerprint density at radius 2 is 1.46 bits per heavy atom. The van der Waals surface area contributed by atoms with Crippen LogP contribution in [-0.2, 0) is 0 Å². The van der Waals surface area contributed by atoms with Gasteiger partial charge in [-0.3, -0.25) is 9.78 Å². The molecular formula is C19H24FN7O. The first-order chi connectivity index (χ1) is 13.6. The lowest BCUT2D eigenvalue weighted by atomic mass is 10.2. The minimum atomic E-state index is -0.583. The molecule has 0 N–H and O–H groups in total. The summed E-state index contributed by atoms with van der Waals surface area (Å²) in [5.74, 6) is 0.829. The molecule has 8 nitrogen and oxygen atoms in total. The number of hydrogen-bond acceptors (Lipinski definition) is 7. The van der Waals surface area contributed by atoms with Crippen molar-refractivity contribution in [2.75, 3.05) is 69.2 Å². The van der Waals surface area contributed by atoms with Crippen molar-refractivity contribution in [3.05, 3.63) is 42.0 Å². The van der Waals surface area contributed by atoms with Crippen molar-refractivity contribution in [2.24, 2.45) is 0 Å². The zero-order valence-electron chi connectivity index (χ0n) is 16.0. The maximum absolute atomic E-state index is 13.8. The SMILES string of the molecule is CN1CCN(c2ccc(N3CCN(C(=O)c4ccncc4F)CC3)nn2)CC1. The number of amides is 1. The van der Waals surface area contributed by atoms with Gasteiger partial charge in [0.05, 0.1) is 11.8 Å². The summed E-state index contributed by atoms with van der Waals surface area (Å²) in [6, 6.07) is 5.42. The van der Waals surface area contributed by atoms with Crippen LogP contribution < -0.4 is 9.80 Å². The molecule has 0 unspecified atom stereocenters. The number of rotatable bonds is 3. The van der Waals surface area contributed by atoms with Gasteiger partial charge in [-0.1, -0.05) is 0 Å². The minimum Gasteiger partial charge on any atom is -0.353 e. The Morgan fingerprint density at radius 1 is 0.893 bits per heavy atom. The standard InChI is InChI=1S/C19H24FN7O/c1-24-6-8-25(9-7-24)17-2-3-18(23-22-17)26-10-12-27(13-11-26)19(28)15-4-5-21-14-16(15)20/h2-5,14H,6-13H2,1H3. The first-order valence-electron chi connectivity index (χ1n) is 9.53. The largest absolute Gasteiger partial charge is 0.353 e. The zero-order valence-corrected chi connectivity index (χ0v) is 16.0. The predicted molar refractivity (Wildman–Crippen MR) is 104 cm³/mol. The van der Waals surface area contributed by atoms with Gasteiger partial charge in [-0.25, -0.2) is 4.39 Å². The lowest BCUT2D eigenvalue weighted by Crippen LogP contribution is -2.49. The Kier molecular flexibility index (Phi) is 5.34. The summed E-state index contributed by atoms with van der Waals surface area (Å²) >= 11 is 0. The highest BCUT2D eigenvalue weighted by molar-refractivity contribution is 5.94. The summed E-state index contributed by atoms with van der Waals surface area (Å²) in [5, 5.41) is 8.78. The summed E-state index contributed by atoms with van der Waals surface area (Å²) in [5.41, 5.74) is 0.0692. The molecule has 2 aromatic heterocycles. The maximum atomic E-state index is 13.8. The van der Waals surface area contributed by atoms with E-state index in [1.807, 2.05) is 12.1 Å². The van der Waals surface area contributed by atoms with Gasteiger partial charge < -0.3 is 19.6 Å². The number of hydrogen-bond donors (Lipinski definition) is 0. The molecule has 2 fully saturated rings. The number of anilines is 2. The van der Waals surface area contributed by atoms with Crippen molar-refractivity contribution in [3.63, 3.8) is 0 Å². The van der Waals surface area contributed by atoms with E-state index in [0.717, 1.165) is 44.0 Å². The van der Waals surface area contributed by atoms with E-state index in [9.17, 15) is 9.18 Å². The molecule has 148 valence electrons. The second kappa shape index (κ2) is 8.05. The molecule has 2 aliphatic heterocycles. The maximum Gasteiger partial charge on any atom is 0.257 e. The van der Waals surface area contributed by atoms with Crippen LogP contribution in [0.5, 0.6) is 0 Å². The van der Waals surface area contributed by atoms with Crippen molar-refractivity contribution >= 4 is 17.5 Å². The summed E-state index contributed by atoms with van der Waals surface area (Å²) in [6.45, 7) is 6.27. The monoisotopic (exact) mass is 385 g/mol. The Bertz CT molecular complexity index is 815. The van der Waals surface area contributed by atoms with Gasteiger partial charge in [-0.15, -0.1) is 10.2 Å². The Hall–Kier alpha value is -2.81. The molecule has 2 aromatic rings. The van der Waals surface area contributed by atoms with E-state index < -0.39 is 5.82 Å². The van der Waals surface area contributed by atoms with Crippen LogP contribution in [0.15, 0.2) is 30.6 Å².